The van der Waals surface area contributed by atoms with Crippen LogP contribution in [-0.4, -0.2) is 63.3 Å². The van der Waals surface area contributed by atoms with Gasteiger partial charge in [0, 0.05) is 37.1 Å². The minimum atomic E-state index is -4.77. The Morgan fingerprint density at radius 1 is 1.02 bits per heavy atom. The zero-order valence-electron chi connectivity index (χ0n) is 25.5. The smallest absolute Gasteiger partial charge is 0.369 e. The molecule has 3 aliphatic heterocycles. The molecule has 2 aromatic carbocycles. The average Bonchev–Trinajstić information content (AvgIpc) is 3.59. The molecule has 3 aliphatic rings. The van der Waals surface area contributed by atoms with Crippen molar-refractivity contribution in [1.82, 2.24) is 20.0 Å². The number of piperidine rings is 1. The highest BCUT2D eigenvalue weighted by Gasteiger charge is 2.45. The largest absolute Gasteiger partial charge is 0.417 e. The topological polar surface area (TPSA) is 158 Å². The predicted octanol–water partition coefficient (Wildman–Crippen LogP) is 3.04. The van der Waals surface area contributed by atoms with Gasteiger partial charge in [0.05, 0.1) is 34.2 Å². The molecule has 0 saturated carbocycles. The van der Waals surface area contributed by atoms with E-state index in [1.54, 1.807) is 38.1 Å². The summed E-state index contributed by atoms with van der Waals surface area (Å²) in [4.78, 5) is 65.8. The Labute approximate surface area is 271 Å². The Balaban J connectivity index is 1.08. The van der Waals surface area contributed by atoms with Gasteiger partial charge < -0.3 is 10.2 Å². The molecule has 15 heteroatoms. The molecular weight excluding hydrogens is 631 g/mol. The molecule has 12 nitrogen and oxygen atoms in total. The number of amides is 5. The Morgan fingerprint density at radius 3 is 2.44 bits per heavy atom. The first-order valence-corrected chi connectivity index (χ1v) is 14.8. The Bertz CT molecular complexity index is 2010. The number of carbonyl (C=O) groups excluding carboxylic acids is 5. The van der Waals surface area contributed by atoms with E-state index in [2.05, 4.69) is 27.6 Å². The van der Waals surface area contributed by atoms with Gasteiger partial charge in [-0.15, -0.1) is 0 Å². The van der Waals surface area contributed by atoms with Crippen LogP contribution in [0.1, 0.15) is 64.2 Å². The second-order valence-electron chi connectivity index (χ2n) is 12.1. The lowest BCUT2D eigenvalue weighted by Gasteiger charge is -2.38. The van der Waals surface area contributed by atoms with Crippen LogP contribution in [0.25, 0.3) is 0 Å². The highest BCUT2D eigenvalue weighted by molar-refractivity contribution is 6.23. The van der Waals surface area contributed by atoms with E-state index in [0.717, 1.165) is 11.0 Å². The van der Waals surface area contributed by atoms with Gasteiger partial charge in [-0.1, -0.05) is 5.92 Å². The van der Waals surface area contributed by atoms with E-state index < -0.39 is 58.4 Å². The first-order valence-electron chi connectivity index (χ1n) is 14.8. The molecule has 4 heterocycles. The number of anilines is 2. The third-order valence-corrected chi connectivity index (χ3v) is 8.50. The number of benzene rings is 2. The van der Waals surface area contributed by atoms with Crippen molar-refractivity contribution in [1.29, 1.82) is 5.26 Å². The summed E-state index contributed by atoms with van der Waals surface area (Å²) >= 11 is 0. The maximum Gasteiger partial charge on any atom is 0.417 e. The normalized spacial score (nSPS) is 18.0. The second kappa shape index (κ2) is 11.7. The summed E-state index contributed by atoms with van der Waals surface area (Å²) in [6, 6.07) is 9.89. The lowest BCUT2D eigenvalue weighted by atomic mass is 9.98. The molecule has 2 N–H and O–H groups in total. The maximum absolute atomic E-state index is 13.4. The van der Waals surface area contributed by atoms with Crippen molar-refractivity contribution < 1.29 is 37.1 Å². The van der Waals surface area contributed by atoms with Crippen LogP contribution in [0.15, 0.2) is 48.7 Å². The highest BCUT2D eigenvalue weighted by atomic mass is 19.4. The van der Waals surface area contributed by atoms with Crippen LogP contribution >= 0.6 is 0 Å². The lowest BCUT2D eigenvalue weighted by Crippen LogP contribution is -2.54. The third kappa shape index (κ3) is 5.75. The quantitative estimate of drug-likeness (QED) is 0.313. The second-order valence-corrected chi connectivity index (χ2v) is 12.1. The summed E-state index contributed by atoms with van der Waals surface area (Å²) in [5, 5.41) is 18.0. The molecule has 0 bridgehead atoms. The van der Waals surface area contributed by atoms with Gasteiger partial charge in [0.2, 0.25) is 11.8 Å². The summed E-state index contributed by atoms with van der Waals surface area (Å²) in [6.07, 6.45) is -3.12. The van der Waals surface area contributed by atoms with Crippen molar-refractivity contribution in [3.63, 3.8) is 0 Å². The van der Waals surface area contributed by atoms with Gasteiger partial charge in [0.1, 0.15) is 17.3 Å². The molecule has 0 spiro atoms. The monoisotopic (exact) mass is 657 g/mol. The fourth-order valence-corrected chi connectivity index (χ4v) is 5.66. The molecule has 48 heavy (non-hydrogen) atoms. The van der Waals surface area contributed by atoms with E-state index in [0.29, 0.717) is 30.5 Å². The molecule has 1 aromatic heterocycles. The minimum absolute atomic E-state index is 0.0353. The summed E-state index contributed by atoms with van der Waals surface area (Å²) in [5.41, 5.74) is -1.66. The van der Waals surface area contributed by atoms with E-state index in [1.165, 1.54) is 23.0 Å². The van der Waals surface area contributed by atoms with Crippen molar-refractivity contribution in [3.05, 3.63) is 76.6 Å². The molecule has 0 aliphatic carbocycles. The zero-order chi connectivity index (χ0) is 34.5. The van der Waals surface area contributed by atoms with E-state index >= 15 is 0 Å². The fraction of sp³-hybridized carbons (Fsp3) is 0.303. The van der Waals surface area contributed by atoms with Crippen LogP contribution in [-0.2, 0) is 26.1 Å². The van der Waals surface area contributed by atoms with Crippen molar-refractivity contribution in [2.75, 3.05) is 23.3 Å². The van der Waals surface area contributed by atoms with E-state index in [-0.39, 0.29) is 35.6 Å². The van der Waals surface area contributed by atoms with Gasteiger partial charge in [0.25, 0.3) is 17.7 Å². The first kappa shape index (κ1) is 32.0. The fourth-order valence-electron chi connectivity index (χ4n) is 5.66. The molecule has 2 saturated heterocycles. The van der Waals surface area contributed by atoms with Gasteiger partial charge in [-0.05, 0) is 68.7 Å². The van der Waals surface area contributed by atoms with Crippen LogP contribution in [0.3, 0.4) is 0 Å². The van der Waals surface area contributed by atoms with E-state index in [4.69, 9.17) is 5.26 Å². The van der Waals surface area contributed by atoms with Gasteiger partial charge in [-0.25, -0.2) is 0 Å². The molecule has 1 unspecified atom stereocenters. The van der Waals surface area contributed by atoms with Crippen LogP contribution in [0.5, 0.6) is 0 Å². The van der Waals surface area contributed by atoms with Crippen LogP contribution in [0, 0.1) is 29.1 Å². The molecule has 3 aromatic rings. The summed E-state index contributed by atoms with van der Waals surface area (Å²) in [7, 11) is 0. The molecule has 0 radical (unpaired) electrons. The van der Waals surface area contributed by atoms with Crippen molar-refractivity contribution in [2.24, 2.45) is 5.92 Å². The van der Waals surface area contributed by atoms with Crippen LogP contribution in [0.2, 0.25) is 0 Å². The van der Waals surface area contributed by atoms with Gasteiger partial charge in [-0.3, -0.25) is 38.9 Å². The summed E-state index contributed by atoms with van der Waals surface area (Å²) in [5.74, 6) is 3.15. The Morgan fingerprint density at radius 2 is 1.75 bits per heavy atom. The Hall–Kier alpha value is -5.96. The predicted molar refractivity (Wildman–Crippen MR) is 162 cm³/mol. The standard InChI is InChI=1S/C33H26F3N7O5/c1-32(2,31(48)38-21-6-4-19(15-37)25(13-21)33(34,35)36)42-12-11-20(40-42)5-3-18-16-41(17-18)22-7-8-23-24(14-22)30(47)43(29(23)46)26-9-10-27(44)39-28(26)45/h4,6-8,11-14,18,26H,9-10,16-17H2,1-2H3,(H,38,48)(H,39,44,45). The van der Waals surface area contributed by atoms with Gasteiger partial charge in [-0.2, -0.15) is 23.5 Å². The molecule has 2 fully saturated rings. The van der Waals surface area contributed by atoms with Crippen molar-refractivity contribution >= 4 is 40.9 Å². The number of carbonyl (C=O) groups is 5. The van der Waals surface area contributed by atoms with Crippen LogP contribution in [0.4, 0.5) is 24.5 Å². The molecule has 5 amide bonds. The first-order chi connectivity index (χ1) is 22.7. The molecular formula is C33H26F3N7O5. The number of hydrogen-bond donors (Lipinski definition) is 2. The average molecular weight is 658 g/mol. The summed E-state index contributed by atoms with van der Waals surface area (Å²) in [6.45, 7) is 4.15. The third-order valence-electron chi connectivity index (χ3n) is 8.50. The van der Waals surface area contributed by atoms with E-state index in [1.807, 2.05) is 4.90 Å². The SMILES string of the molecule is CC(C)(C(=O)Nc1ccc(C#N)c(C(F)(F)F)c1)n1ccc(C#CC2CN(c3ccc4c(c3)C(=O)N(C3CCC(=O)NC3=O)C4=O)C2)n1. The number of aromatic nitrogens is 2. The number of alkyl halides is 3. The van der Waals surface area contributed by atoms with Crippen LogP contribution < -0.4 is 15.5 Å². The van der Waals surface area contributed by atoms with Crippen molar-refractivity contribution in [3.8, 4) is 17.9 Å². The molecule has 1 atom stereocenters. The lowest BCUT2D eigenvalue weighted by molar-refractivity contribution is -0.138. The van der Waals surface area contributed by atoms with Crippen molar-refractivity contribution in [2.45, 2.75) is 44.4 Å². The summed E-state index contributed by atoms with van der Waals surface area (Å²) < 4.78 is 41.4. The number of hydrogen-bond acceptors (Lipinski definition) is 8. The zero-order valence-corrected chi connectivity index (χ0v) is 25.5. The maximum atomic E-state index is 13.4. The number of fused-ring (bicyclic) bond motifs is 1. The molecule has 244 valence electrons. The number of imide groups is 2. The number of nitrogens with zero attached hydrogens (tertiary/aromatic N) is 5. The van der Waals surface area contributed by atoms with E-state index in [9.17, 15) is 37.1 Å². The van der Waals surface area contributed by atoms with Gasteiger partial charge >= 0.3 is 6.18 Å². The number of nitrogens with one attached hydrogen (secondary N) is 2. The van der Waals surface area contributed by atoms with Gasteiger partial charge in [0.15, 0.2) is 0 Å². The number of halogens is 3. The number of nitriles is 1. The highest BCUT2D eigenvalue weighted by Crippen LogP contribution is 2.35. The minimum Gasteiger partial charge on any atom is -0.369 e. The number of rotatable bonds is 5. The Kier molecular flexibility index (Phi) is 7.79. The molecule has 6 rings (SSSR count).